The van der Waals surface area contributed by atoms with Crippen molar-refractivity contribution >= 4 is 0 Å². The molecule has 90 valence electrons. The molecule has 1 aromatic rings. The highest BCUT2D eigenvalue weighted by atomic mass is 16.5. The number of hydrogen-bond donors (Lipinski definition) is 1. The predicted molar refractivity (Wildman–Crippen MR) is 66.7 cm³/mol. The van der Waals surface area contributed by atoms with Crippen LogP contribution in [0.15, 0.2) is 30.0 Å². The third-order valence-corrected chi connectivity index (χ3v) is 3.75. The highest BCUT2D eigenvalue weighted by Gasteiger charge is 2.18. The predicted octanol–water partition coefficient (Wildman–Crippen LogP) is 2.90. The van der Waals surface area contributed by atoms with Gasteiger partial charge >= 0.3 is 0 Å². The minimum atomic E-state index is -0.485. The zero-order valence-electron chi connectivity index (χ0n) is 9.98. The van der Waals surface area contributed by atoms with Crippen molar-refractivity contribution in [3.63, 3.8) is 0 Å². The van der Waals surface area contributed by atoms with Crippen LogP contribution in [0.25, 0.3) is 0 Å². The van der Waals surface area contributed by atoms with Crippen LogP contribution in [-0.4, -0.2) is 11.7 Å². The Bertz CT molecular complexity index is 448. The molecule has 17 heavy (non-hydrogen) atoms. The van der Waals surface area contributed by atoms with E-state index in [1.54, 1.807) is 6.26 Å². The van der Waals surface area contributed by atoms with Crippen LogP contribution < -0.4 is 0 Å². The summed E-state index contributed by atoms with van der Waals surface area (Å²) in [6.45, 7) is 0.778. The molecule has 3 rings (SSSR count). The standard InChI is InChI=1S/C15H18O2/c16-15(14-5-2-8-17-10-14)13-7-6-11-3-1-4-12(11)9-13/h6-7,9-10,15-16H,1-5,8H2. The van der Waals surface area contributed by atoms with E-state index in [-0.39, 0.29) is 0 Å². The molecule has 2 heteroatoms. The van der Waals surface area contributed by atoms with Crippen LogP contribution in [0.3, 0.4) is 0 Å². The zero-order chi connectivity index (χ0) is 11.7. The lowest BCUT2D eigenvalue weighted by atomic mass is 9.95. The first-order valence-corrected chi connectivity index (χ1v) is 6.45. The molecular formula is C15H18O2. The van der Waals surface area contributed by atoms with Gasteiger partial charge in [-0.3, -0.25) is 0 Å². The second-order valence-corrected chi connectivity index (χ2v) is 4.95. The molecule has 0 aromatic heterocycles. The summed E-state index contributed by atoms with van der Waals surface area (Å²) in [5.74, 6) is 0. The topological polar surface area (TPSA) is 29.5 Å². The lowest BCUT2D eigenvalue weighted by Gasteiger charge is -2.19. The molecule has 2 aliphatic rings. The molecule has 1 aliphatic carbocycles. The number of ether oxygens (including phenoxy) is 1. The number of aryl methyl sites for hydroxylation is 2. The minimum Gasteiger partial charge on any atom is -0.501 e. The Labute approximate surface area is 102 Å². The fourth-order valence-corrected chi connectivity index (χ4v) is 2.76. The van der Waals surface area contributed by atoms with Crippen LogP contribution in [0.4, 0.5) is 0 Å². The van der Waals surface area contributed by atoms with E-state index < -0.39 is 6.10 Å². The molecule has 1 atom stereocenters. The molecule has 2 nitrogen and oxygen atoms in total. The fourth-order valence-electron chi connectivity index (χ4n) is 2.76. The minimum absolute atomic E-state index is 0.485. The lowest BCUT2D eigenvalue weighted by molar-refractivity contribution is 0.170. The first kappa shape index (κ1) is 10.8. The van der Waals surface area contributed by atoms with Gasteiger partial charge in [-0.1, -0.05) is 18.2 Å². The Morgan fingerprint density at radius 3 is 2.76 bits per heavy atom. The van der Waals surface area contributed by atoms with Gasteiger partial charge in [0.1, 0.15) is 6.10 Å². The maximum Gasteiger partial charge on any atom is 0.103 e. The number of aliphatic hydroxyl groups is 1. The van der Waals surface area contributed by atoms with Gasteiger partial charge in [0.05, 0.1) is 12.9 Å². The Hall–Kier alpha value is -1.28. The van der Waals surface area contributed by atoms with E-state index in [1.165, 1.54) is 24.0 Å². The van der Waals surface area contributed by atoms with Crippen molar-refractivity contribution in [3.8, 4) is 0 Å². The number of benzene rings is 1. The molecule has 1 heterocycles. The highest BCUT2D eigenvalue weighted by Crippen LogP contribution is 2.31. The fraction of sp³-hybridized carbons (Fsp3) is 0.467. The molecule has 1 unspecified atom stereocenters. The van der Waals surface area contributed by atoms with Crippen molar-refractivity contribution in [2.24, 2.45) is 0 Å². The molecule has 0 radical (unpaired) electrons. The van der Waals surface area contributed by atoms with E-state index >= 15 is 0 Å². The first-order chi connectivity index (χ1) is 8.34. The van der Waals surface area contributed by atoms with Crippen LogP contribution >= 0.6 is 0 Å². The maximum absolute atomic E-state index is 10.3. The van der Waals surface area contributed by atoms with Gasteiger partial charge in [0, 0.05) is 0 Å². The van der Waals surface area contributed by atoms with E-state index in [2.05, 4.69) is 18.2 Å². The normalized spacial score (nSPS) is 20.4. The van der Waals surface area contributed by atoms with Gasteiger partial charge in [0.15, 0.2) is 0 Å². The maximum atomic E-state index is 10.3. The Kier molecular flexibility index (Phi) is 2.89. The number of fused-ring (bicyclic) bond motifs is 1. The lowest BCUT2D eigenvalue weighted by Crippen LogP contribution is -2.08. The van der Waals surface area contributed by atoms with Crippen LogP contribution in [0, 0.1) is 0 Å². The van der Waals surface area contributed by atoms with E-state index in [1.807, 2.05) is 0 Å². The molecule has 1 N–H and O–H groups in total. The van der Waals surface area contributed by atoms with E-state index in [9.17, 15) is 5.11 Å². The van der Waals surface area contributed by atoms with E-state index in [4.69, 9.17) is 4.74 Å². The third-order valence-electron chi connectivity index (χ3n) is 3.75. The van der Waals surface area contributed by atoms with Gasteiger partial charge in [0.2, 0.25) is 0 Å². The summed E-state index contributed by atoms with van der Waals surface area (Å²) in [5, 5.41) is 10.3. The molecule has 0 bridgehead atoms. The molecule has 1 aromatic carbocycles. The molecule has 0 fully saturated rings. The van der Waals surface area contributed by atoms with Crippen LogP contribution in [-0.2, 0) is 17.6 Å². The van der Waals surface area contributed by atoms with Gasteiger partial charge in [-0.15, -0.1) is 0 Å². The molecular weight excluding hydrogens is 212 g/mol. The summed E-state index contributed by atoms with van der Waals surface area (Å²) < 4.78 is 5.30. The summed E-state index contributed by atoms with van der Waals surface area (Å²) >= 11 is 0. The Balaban J connectivity index is 1.86. The average molecular weight is 230 g/mol. The summed E-state index contributed by atoms with van der Waals surface area (Å²) in [6, 6.07) is 6.40. The quantitative estimate of drug-likeness (QED) is 0.846. The number of hydrogen-bond acceptors (Lipinski definition) is 2. The summed E-state index contributed by atoms with van der Waals surface area (Å²) in [4.78, 5) is 0. The molecule has 0 saturated carbocycles. The number of rotatable bonds is 2. The summed E-state index contributed by atoms with van der Waals surface area (Å²) in [7, 11) is 0. The van der Waals surface area contributed by atoms with Gasteiger partial charge in [0.25, 0.3) is 0 Å². The van der Waals surface area contributed by atoms with Crippen molar-refractivity contribution < 1.29 is 9.84 Å². The van der Waals surface area contributed by atoms with Crippen molar-refractivity contribution in [2.75, 3.05) is 6.61 Å². The summed E-state index contributed by atoms with van der Waals surface area (Å²) in [5.41, 5.74) is 4.89. The highest BCUT2D eigenvalue weighted by molar-refractivity contribution is 5.38. The Morgan fingerprint density at radius 2 is 1.94 bits per heavy atom. The van der Waals surface area contributed by atoms with Crippen molar-refractivity contribution in [2.45, 2.75) is 38.2 Å². The van der Waals surface area contributed by atoms with E-state index in [0.717, 1.165) is 37.0 Å². The first-order valence-electron chi connectivity index (χ1n) is 6.45. The molecule has 0 saturated heterocycles. The average Bonchev–Trinajstić information content (AvgIpc) is 2.86. The van der Waals surface area contributed by atoms with Gasteiger partial charge in [-0.2, -0.15) is 0 Å². The summed E-state index contributed by atoms with van der Waals surface area (Å²) in [6.07, 6.45) is 6.80. The second-order valence-electron chi connectivity index (χ2n) is 4.95. The largest absolute Gasteiger partial charge is 0.501 e. The molecule has 0 spiro atoms. The third kappa shape index (κ3) is 2.09. The Morgan fingerprint density at radius 1 is 1.06 bits per heavy atom. The van der Waals surface area contributed by atoms with Crippen molar-refractivity contribution in [3.05, 3.63) is 46.7 Å². The van der Waals surface area contributed by atoms with Gasteiger partial charge in [-0.25, -0.2) is 0 Å². The van der Waals surface area contributed by atoms with Crippen molar-refractivity contribution in [1.82, 2.24) is 0 Å². The van der Waals surface area contributed by atoms with Crippen molar-refractivity contribution in [1.29, 1.82) is 0 Å². The van der Waals surface area contributed by atoms with Crippen LogP contribution in [0.2, 0.25) is 0 Å². The smallest absolute Gasteiger partial charge is 0.103 e. The zero-order valence-corrected chi connectivity index (χ0v) is 9.98. The van der Waals surface area contributed by atoms with Crippen LogP contribution in [0.1, 0.15) is 42.1 Å². The molecule has 0 amide bonds. The number of aliphatic hydroxyl groups excluding tert-OH is 1. The second kappa shape index (κ2) is 4.53. The SMILES string of the molecule is OC(C1=COCCC1)c1ccc2c(c1)CCC2. The van der Waals surface area contributed by atoms with E-state index in [0.29, 0.717) is 0 Å². The van der Waals surface area contributed by atoms with Gasteiger partial charge < -0.3 is 9.84 Å². The van der Waals surface area contributed by atoms with Crippen LogP contribution in [0.5, 0.6) is 0 Å². The molecule has 1 aliphatic heterocycles. The monoisotopic (exact) mass is 230 g/mol. The van der Waals surface area contributed by atoms with Gasteiger partial charge in [-0.05, 0) is 54.4 Å².